The van der Waals surface area contributed by atoms with Crippen molar-refractivity contribution in [3.05, 3.63) is 72.6 Å². The Kier molecular flexibility index (Phi) is 6.19. The van der Waals surface area contributed by atoms with Crippen LogP contribution in [-0.2, 0) is 13.0 Å². The predicted octanol–water partition coefficient (Wildman–Crippen LogP) is 1.62. The van der Waals surface area contributed by atoms with Crippen molar-refractivity contribution in [3.63, 3.8) is 0 Å². The Bertz CT molecular complexity index is 909. The van der Waals surface area contributed by atoms with Crippen LogP contribution in [0.25, 0.3) is 11.4 Å². The fourth-order valence-corrected chi connectivity index (χ4v) is 4.10. The summed E-state index contributed by atoms with van der Waals surface area (Å²) in [5.74, 6) is 0.510. The number of aromatic nitrogens is 4. The molecule has 3 heterocycles. The van der Waals surface area contributed by atoms with E-state index in [4.69, 9.17) is 4.98 Å². The number of nitrogens with zero attached hydrogens (tertiary/aromatic N) is 4. The minimum Gasteiger partial charge on any atom is -0.396 e. The molecule has 150 valence electrons. The van der Waals surface area contributed by atoms with Gasteiger partial charge < -0.3 is 15.5 Å². The second kappa shape index (κ2) is 9.17. The zero-order valence-electron chi connectivity index (χ0n) is 16.1. The molecule has 4 unspecified atom stereocenters. The minimum atomic E-state index is -0.536. The molecule has 29 heavy (non-hydrogen) atoms. The number of aliphatic hydroxyl groups excluding tert-OH is 2. The van der Waals surface area contributed by atoms with Gasteiger partial charge in [0.1, 0.15) is 0 Å². The fraction of sp³-hybridized carbons (Fsp3) is 0.364. The van der Waals surface area contributed by atoms with Crippen LogP contribution >= 0.6 is 0 Å². The first-order chi connectivity index (χ1) is 14.2. The summed E-state index contributed by atoms with van der Waals surface area (Å²) < 4.78 is 0. The van der Waals surface area contributed by atoms with Crippen LogP contribution in [0.3, 0.4) is 0 Å². The number of aliphatic hydroxyl groups is 2. The first kappa shape index (κ1) is 19.6. The van der Waals surface area contributed by atoms with Crippen LogP contribution in [0.4, 0.5) is 0 Å². The molecule has 1 fully saturated rings. The molecule has 0 radical (unpaired) electrons. The van der Waals surface area contributed by atoms with Gasteiger partial charge in [-0.15, -0.1) is 0 Å². The van der Waals surface area contributed by atoms with E-state index in [1.165, 1.54) is 0 Å². The Morgan fingerprint density at radius 2 is 1.90 bits per heavy atom. The Morgan fingerprint density at radius 1 is 0.966 bits per heavy atom. The number of hydrogen-bond donors (Lipinski definition) is 3. The number of pyridine rings is 2. The Labute approximate surface area is 169 Å². The summed E-state index contributed by atoms with van der Waals surface area (Å²) in [5, 5.41) is 23.9. The molecule has 3 N–H and O–H groups in total. The summed E-state index contributed by atoms with van der Waals surface area (Å²) in [7, 11) is 0. The van der Waals surface area contributed by atoms with E-state index in [2.05, 4.69) is 20.3 Å². The van der Waals surface area contributed by atoms with Crippen LogP contribution in [-0.4, -0.2) is 48.9 Å². The zero-order valence-corrected chi connectivity index (χ0v) is 16.1. The van der Waals surface area contributed by atoms with Crippen molar-refractivity contribution in [3.8, 4) is 11.4 Å². The molecule has 7 nitrogen and oxygen atoms in total. The van der Waals surface area contributed by atoms with E-state index in [0.29, 0.717) is 25.2 Å². The van der Waals surface area contributed by atoms with Crippen molar-refractivity contribution in [2.45, 2.75) is 31.5 Å². The average molecular weight is 391 g/mol. The number of hydrogen-bond acceptors (Lipinski definition) is 7. The summed E-state index contributed by atoms with van der Waals surface area (Å²) in [6.45, 7) is 0.575. The standard InChI is InChI=1S/C22H25N5O2/c28-14-19-18(20(11-21(19)29)26-13-17-5-1-2-8-24-17)10-16-6-9-25-22(27-16)15-4-3-7-23-12-15/h1-9,12,18-21,26,28-29H,10-11,13-14H2. The lowest BCUT2D eigenvalue weighted by atomic mass is 9.88. The molecule has 1 aliphatic rings. The van der Waals surface area contributed by atoms with Gasteiger partial charge in [-0.3, -0.25) is 9.97 Å². The van der Waals surface area contributed by atoms with Gasteiger partial charge in [0.2, 0.25) is 0 Å². The van der Waals surface area contributed by atoms with E-state index in [0.717, 1.165) is 17.0 Å². The maximum absolute atomic E-state index is 10.5. The van der Waals surface area contributed by atoms with Crippen molar-refractivity contribution >= 4 is 0 Å². The van der Waals surface area contributed by atoms with E-state index in [1.807, 2.05) is 36.4 Å². The Hall–Kier alpha value is -2.74. The molecule has 0 amide bonds. The van der Waals surface area contributed by atoms with E-state index >= 15 is 0 Å². The van der Waals surface area contributed by atoms with Gasteiger partial charge in [0.25, 0.3) is 0 Å². The molecule has 1 aliphatic carbocycles. The minimum absolute atomic E-state index is 0.0475. The third kappa shape index (κ3) is 4.64. The van der Waals surface area contributed by atoms with E-state index in [-0.39, 0.29) is 24.5 Å². The molecular formula is C22H25N5O2. The van der Waals surface area contributed by atoms with Crippen molar-refractivity contribution in [2.75, 3.05) is 6.61 Å². The van der Waals surface area contributed by atoms with Gasteiger partial charge in [-0.05, 0) is 49.1 Å². The molecule has 0 aromatic carbocycles. The predicted molar refractivity (Wildman–Crippen MR) is 109 cm³/mol. The van der Waals surface area contributed by atoms with Crippen LogP contribution in [0.15, 0.2) is 61.2 Å². The first-order valence-corrected chi connectivity index (χ1v) is 9.89. The van der Waals surface area contributed by atoms with Gasteiger partial charge in [-0.1, -0.05) is 6.07 Å². The van der Waals surface area contributed by atoms with Gasteiger partial charge >= 0.3 is 0 Å². The van der Waals surface area contributed by atoms with Crippen LogP contribution in [0.1, 0.15) is 17.8 Å². The quantitative estimate of drug-likeness (QED) is 0.562. The van der Waals surface area contributed by atoms with E-state index in [1.54, 1.807) is 24.8 Å². The molecule has 4 rings (SSSR count). The topological polar surface area (TPSA) is 104 Å². The third-order valence-electron chi connectivity index (χ3n) is 5.62. The van der Waals surface area contributed by atoms with Crippen LogP contribution in [0.5, 0.6) is 0 Å². The van der Waals surface area contributed by atoms with Crippen molar-refractivity contribution in [2.24, 2.45) is 11.8 Å². The van der Waals surface area contributed by atoms with Gasteiger partial charge in [0, 0.05) is 61.2 Å². The molecule has 0 spiro atoms. The first-order valence-electron chi connectivity index (χ1n) is 9.89. The summed E-state index contributed by atoms with van der Waals surface area (Å²) in [5.41, 5.74) is 2.71. The van der Waals surface area contributed by atoms with Crippen LogP contribution < -0.4 is 5.32 Å². The summed E-state index contributed by atoms with van der Waals surface area (Å²) in [6.07, 6.45) is 7.70. The lowest BCUT2D eigenvalue weighted by molar-refractivity contribution is 0.0716. The Morgan fingerprint density at radius 3 is 2.66 bits per heavy atom. The number of rotatable bonds is 7. The molecule has 0 bridgehead atoms. The molecule has 0 saturated heterocycles. The van der Waals surface area contributed by atoms with Gasteiger partial charge in [0.15, 0.2) is 5.82 Å². The Balaban J connectivity index is 1.51. The van der Waals surface area contributed by atoms with E-state index < -0.39 is 6.10 Å². The van der Waals surface area contributed by atoms with E-state index in [9.17, 15) is 10.2 Å². The highest BCUT2D eigenvalue weighted by atomic mass is 16.3. The maximum Gasteiger partial charge on any atom is 0.160 e. The molecular weight excluding hydrogens is 366 g/mol. The highest BCUT2D eigenvalue weighted by Crippen LogP contribution is 2.35. The fourth-order valence-electron chi connectivity index (χ4n) is 4.10. The smallest absolute Gasteiger partial charge is 0.160 e. The van der Waals surface area contributed by atoms with Crippen LogP contribution in [0, 0.1) is 11.8 Å². The number of nitrogens with one attached hydrogen (secondary N) is 1. The molecule has 1 saturated carbocycles. The summed E-state index contributed by atoms with van der Waals surface area (Å²) in [6, 6.07) is 11.6. The zero-order chi connectivity index (χ0) is 20.1. The highest BCUT2D eigenvalue weighted by Gasteiger charge is 2.42. The normalized spacial score (nSPS) is 23.9. The molecule has 3 aromatic rings. The van der Waals surface area contributed by atoms with Gasteiger partial charge in [-0.2, -0.15) is 0 Å². The van der Waals surface area contributed by atoms with Crippen molar-refractivity contribution in [1.82, 2.24) is 25.3 Å². The SMILES string of the molecule is OCC1C(O)CC(NCc2ccccn2)C1Cc1ccnc(-c2cccnc2)n1. The monoisotopic (exact) mass is 391 g/mol. The summed E-state index contributed by atoms with van der Waals surface area (Å²) in [4.78, 5) is 17.5. The van der Waals surface area contributed by atoms with Crippen molar-refractivity contribution in [1.29, 1.82) is 0 Å². The lowest BCUT2D eigenvalue weighted by Gasteiger charge is -2.25. The largest absolute Gasteiger partial charge is 0.396 e. The van der Waals surface area contributed by atoms with Gasteiger partial charge in [-0.25, -0.2) is 9.97 Å². The molecule has 7 heteroatoms. The lowest BCUT2D eigenvalue weighted by Crippen LogP contribution is -2.36. The second-order valence-electron chi connectivity index (χ2n) is 7.44. The highest BCUT2D eigenvalue weighted by molar-refractivity contribution is 5.52. The molecule has 0 aliphatic heterocycles. The maximum atomic E-state index is 10.5. The summed E-state index contributed by atoms with van der Waals surface area (Å²) >= 11 is 0. The second-order valence-corrected chi connectivity index (χ2v) is 7.44. The third-order valence-corrected chi connectivity index (χ3v) is 5.62. The van der Waals surface area contributed by atoms with Crippen LogP contribution in [0.2, 0.25) is 0 Å². The molecule has 3 aromatic heterocycles. The average Bonchev–Trinajstić information content (AvgIpc) is 3.07. The van der Waals surface area contributed by atoms with Crippen molar-refractivity contribution < 1.29 is 10.2 Å². The molecule has 4 atom stereocenters. The van der Waals surface area contributed by atoms with Gasteiger partial charge in [0.05, 0.1) is 11.8 Å².